The molecule has 2 aromatic rings. The van der Waals surface area contributed by atoms with E-state index in [0.29, 0.717) is 0 Å². The molecule has 11 heteroatoms. The number of amides is 2. The molecule has 2 aromatic carbocycles. The molecule has 2 rings (SSSR count). The van der Waals surface area contributed by atoms with Crippen molar-refractivity contribution in [2.45, 2.75) is 18.7 Å². The molecule has 2 N–H and O–H groups in total. The van der Waals surface area contributed by atoms with E-state index < -0.39 is 35.2 Å². The highest BCUT2D eigenvalue weighted by Crippen LogP contribution is 2.40. The fourth-order valence-corrected chi connectivity index (χ4v) is 2.64. The Kier molecular flexibility index (Phi) is 6.94. The minimum atomic E-state index is -5.33. The predicted molar refractivity (Wildman–Crippen MR) is 102 cm³/mol. The van der Waals surface area contributed by atoms with E-state index in [0.717, 1.165) is 35.2 Å². The molecule has 162 valence electrons. The molecule has 2 amide bonds. The molecule has 0 heterocycles. The van der Waals surface area contributed by atoms with Gasteiger partial charge >= 0.3 is 18.2 Å². The van der Waals surface area contributed by atoms with Crippen molar-refractivity contribution in [2.75, 3.05) is 23.9 Å². The number of benzene rings is 2. The maximum absolute atomic E-state index is 13.4. The SMILES string of the molecule is CCOC(=O)C(O)(c1ccc(N(C)C(=O)Nc2ccc(F)c(Cl)c2)cc1)C(F)(F)F. The van der Waals surface area contributed by atoms with Gasteiger partial charge in [0.25, 0.3) is 5.60 Å². The van der Waals surface area contributed by atoms with Crippen LogP contribution >= 0.6 is 11.6 Å². The first-order chi connectivity index (χ1) is 13.9. The maximum Gasteiger partial charge on any atom is 0.432 e. The van der Waals surface area contributed by atoms with Gasteiger partial charge in [-0.2, -0.15) is 13.2 Å². The van der Waals surface area contributed by atoms with Crippen molar-refractivity contribution in [1.29, 1.82) is 0 Å². The van der Waals surface area contributed by atoms with Crippen LogP contribution in [-0.2, 0) is 15.1 Å². The minimum absolute atomic E-state index is 0.151. The summed E-state index contributed by atoms with van der Waals surface area (Å²) in [5, 5.41) is 12.3. The topological polar surface area (TPSA) is 78.9 Å². The number of nitrogens with zero attached hydrogens (tertiary/aromatic N) is 1. The Morgan fingerprint density at radius 1 is 1.17 bits per heavy atom. The molecular weight excluding hydrogens is 432 g/mol. The van der Waals surface area contributed by atoms with Gasteiger partial charge in [0, 0.05) is 24.0 Å². The molecule has 0 aromatic heterocycles. The van der Waals surface area contributed by atoms with Crippen LogP contribution in [0.5, 0.6) is 0 Å². The van der Waals surface area contributed by atoms with Gasteiger partial charge in [0.2, 0.25) is 0 Å². The summed E-state index contributed by atoms with van der Waals surface area (Å²) in [4.78, 5) is 25.2. The number of carbonyl (C=O) groups excluding carboxylic acids is 2. The number of urea groups is 1. The number of hydrogen-bond acceptors (Lipinski definition) is 4. The number of alkyl halides is 3. The molecule has 1 atom stereocenters. The number of carbonyl (C=O) groups is 2. The summed E-state index contributed by atoms with van der Waals surface area (Å²) >= 11 is 5.65. The van der Waals surface area contributed by atoms with E-state index in [4.69, 9.17) is 11.6 Å². The third kappa shape index (κ3) is 4.65. The Labute approximate surface area is 174 Å². The molecule has 0 saturated heterocycles. The highest BCUT2D eigenvalue weighted by molar-refractivity contribution is 6.31. The summed E-state index contributed by atoms with van der Waals surface area (Å²) in [7, 11) is 1.33. The van der Waals surface area contributed by atoms with Crippen molar-refractivity contribution in [2.24, 2.45) is 0 Å². The monoisotopic (exact) mass is 448 g/mol. The summed E-state index contributed by atoms with van der Waals surface area (Å²) in [5.41, 5.74) is -4.27. The van der Waals surface area contributed by atoms with Crippen molar-refractivity contribution in [3.05, 3.63) is 58.9 Å². The standard InChI is InChI=1S/C19H17ClF4N2O4/c1-3-30-16(27)18(29,19(22,23)24)11-4-7-13(8-5-11)26(2)17(28)25-12-6-9-15(21)14(20)10-12/h4-10,29H,3H2,1-2H3,(H,25,28). The van der Waals surface area contributed by atoms with Crippen molar-refractivity contribution in [3.8, 4) is 0 Å². The zero-order chi connectivity index (χ0) is 22.7. The molecular formula is C19H17ClF4N2O4. The normalized spacial score (nSPS) is 13.3. The summed E-state index contributed by atoms with van der Waals surface area (Å²) in [6.45, 7) is 0.950. The molecule has 0 aliphatic carbocycles. The number of ether oxygens (including phenoxy) is 1. The number of nitrogens with one attached hydrogen (secondary N) is 1. The Balaban J connectivity index is 2.25. The van der Waals surface area contributed by atoms with Crippen molar-refractivity contribution in [3.63, 3.8) is 0 Å². The van der Waals surface area contributed by atoms with E-state index >= 15 is 0 Å². The second-order valence-electron chi connectivity index (χ2n) is 6.09. The van der Waals surface area contributed by atoms with Crippen molar-refractivity contribution in [1.82, 2.24) is 0 Å². The lowest BCUT2D eigenvalue weighted by Gasteiger charge is -2.29. The number of hydrogen-bond donors (Lipinski definition) is 2. The zero-order valence-corrected chi connectivity index (χ0v) is 16.5. The average molecular weight is 449 g/mol. The number of rotatable bonds is 5. The molecule has 0 aliphatic rings. The van der Waals surface area contributed by atoms with Crippen molar-refractivity contribution >= 4 is 35.0 Å². The van der Waals surface area contributed by atoms with E-state index in [1.54, 1.807) is 0 Å². The van der Waals surface area contributed by atoms with Gasteiger partial charge in [-0.25, -0.2) is 14.0 Å². The largest absolute Gasteiger partial charge is 0.463 e. The molecule has 0 radical (unpaired) electrons. The molecule has 0 saturated carbocycles. The molecule has 1 unspecified atom stereocenters. The smallest absolute Gasteiger partial charge is 0.432 e. The Morgan fingerprint density at radius 2 is 1.77 bits per heavy atom. The molecule has 6 nitrogen and oxygen atoms in total. The summed E-state index contributed by atoms with van der Waals surface area (Å²) in [6.07, 6.45) is -5.33. The third-order valence-electron chi connectivity index (χ3n) is 4.13. The average Bonchev–Trinajstić information content (AvgIpc) is 2.69. The third-order valence-corrected chi connectivity index (χ3v) is 4.42. The number of esters is 1. The Morgan fingerprint density at radius 3 is 2.27 bits per heavy atom. The lowest BCUT2D eigenvalue weighted by atomic mass is 9.93. The van der Waals surface area contributed by atoms with Gasteiger partial charge in [0.15, 0.2) is 0 Å². The quantitative estimate of drug-likeness (QED) is 0.523. The van der Waals surface area contributed by atoms with Gasteiger partial charge in [-0.05, 0) is 37.3 Å². The van der Waals surface area contributed by atoms with E-state index in [2.05, 4.69) is 10.1 Å². The highest BCUT2D eigenvalue weighted by Gasteiger charge is 2.62. The van der Waals surface area contributed by atoms with Crippen LogP contribution in [0.3, 0.4) is 0 Å². The molecule has 0 bridgehead atoms. The van der Waals surface area contributed by atoms with Gasteiger partial charge < -0.3 is 15.2 Å². The minimum Gasteiger partial charge on any atom is -0.463 e. The van der Waals surface area contributed by atoms with E-state index in [1.807, 2.05) is 0 Å². The van der Waals surface area contributed by atoms with Crippen LogP contribution in [0.2, 0.25) is 5.02 Å². The first-order valence-electron chi connectivity index (χ1n) is 8.48. The predicted octanol–water partition coefficient (Wildman–Crippen LogP) is 4.46. The molecule has 0 fully saturated rings. The first kappa shape index (κ1) is 23.4. The number of halogens is 5. The van der Waals surface area contributed by atoms with Gasteiger partial charge in [0.05, 0.1) is 11.6 Å². The van der Waals surface area contributed by atoms with Gasteiger partial charge in [0.1, 0.15) is 5.82 Å². The number of anilines is 2. The van der Waals surface area contributed by atoms with E-state index in [9.17, 15) is 32.3 Å². The van der Waals surface area contributed by atoms with Gasteiger partial charge in [-0.1, -0.05) is 23.7 Å². The van der Waals surface area contributed by atoms with Gasteiger partial charge in [-0.15, -0.1) is 0 Å². The summed E-state index contributed by atoms with van der Waals surface area (Å²) in [6, 6.07) is 6.77. The fraction of sp³-hybridized carbons (Fsp3) is 0.263. The zero-order valence-electron chi connectivity index (χ0n) is 15.8. The highest BCUT2D eigenvalue weighted by atomic mass is 35.5. The van der Waals surface area contributed by atoms with Crippen LogP contribution in [0, 0.1) is 5.82 Å². The maximum atomic E-state index is 13.4. The number of aliphatic hydroxyl groups is 1. The summed E-state index contributed by atoms with van der Waals surface area (Å²) < 4.78 is 57.7. The van der Waals surface area contributed by atoms with E-state index in [-0.39, 0.29) is 23.0 Å². The second-order valence-corrected chi connectivity index (χ2v) is 6.50. The second kappa shape index (κ2) is 8.88. The Hall–Kier alpha value is -2.85. The summed E-state index contributed by atoms with van der Waals surface area (Å²) in [5.74, 6) is -2.53. The lowest BCUT2D eigenvalue weighted by Crippen LogP contribution is -2.50. The van der Waals surface area contributed by atoms with Crippen LogP contribution in [0.4, 0.5) is 33.7 Å². The van der Waals surface area contributed by atoms with Crippen LogP contribution in [0.25, 0.3) is 0 Å². The van der Waals surface area contributed by atoms with E-state index in [1.165, 1.54) is 26.1 Å². The molecule has 0 aliphatic heterocycles. The first-order valence-corrected chi connectivity index (χ1v) is 8.86. The fourth-order valence-electron chi connectivity index (χ4n) is 2.46. The van der Waals surface area contributed by atoms with Crippen LogP contribution in [0.15, 0.2) is 42.5 Å². The van der Waals surface area contributed by atoms with Crippen LogP contribution in [0.1, 0.15) is 12.5 Å². The van der Waals surface area contributed by atoms with Gasteiger partial charge in [-0.3, -0.25) is 4.90 Å². The van der Waals surface area contributed by atoms with Crippen LogP contribution in [-0.4, -0.2) is 36.9 Å². The van der Waals surface area contributed by atoms with Crippen LogP contribution < -0.4 is 10.2 Å². The molecule has 30 heavy (non-hydrogen) atoms. The Bertz CT molecular complexity index is 937. The molecule has 0 spiro atoms. The van der Waals surface area contributed by atoms with Crippen molar-refractivity contribution < 1.29 is 37.0 Å². The lowest BCUT2D eigenvalue weighted by molar-refractivity contribution is -0.267.